The van der Waals surface area contributed by atoms with E-state index in [0.29, 0.717) is 0 Å². The third-order valence-corrected chi connectivity index (χ3v) is 5.79. The van der Waals surface area contributed by atoms with Gasteiger partial charge in [0.15, 0.2) is 0 Å². The molecule has 0 saturated heterocycles. The number of aromatic nitrogens is 2. The van der Waals surface area contributed by atoms with E-state index in [1.165, 1.54) is 60.9 Å². The normalized spacial score (nSPS) is 16.3. The summed E-state index contributed by atoms with van der Waals surface area (Å²) in [6.45, 7) is 4.59. The highest BCUT2D eigenvalue weighted by Gasteiger charge is 2.20. The molecule has 0 amide bonds. The van der Waals surface area contributed by atoms with Crippen LogP contribution in [0.25, 0.3) is 10.2 Å². The van der Waals surface area contributed by atoms with Gasteiger partial charge in [0.1, 0.15) is 11.2 Å². The molecule has 0 radical (unpaired) electrons. The largest absolute Gasteiger partial charge is 0.241 e. The minimum atomic E-state index is 0.775. The van der Waals surface area contributed by atoms with Crippen molar-refractivity contribution >= 4 is 21.6 Å². The molecule has 0 aliphatic heterocycles. The van der Waals surface area contributed by atoms with Crippen LogP contribution in [0.1, 0.15) is 62.1 Å². The second kappa shape index (κ2) is 6.21. The first-order valence-corrected chi connectivity index (χ1v) is 8.89. The smallest absolute Gasteiger partial charge is 0.127 e. The molecule has 108 valence electrons. The first-order chi connectivity index (χ1) is 9.83. The average molecular weight is 288 g/mol. The molecular formula is C17H24N2S. The molecule has 1 aliphatic rings. The summed E-state index contributed by atoms with van der Waals surface area (Å²) in [6, 6.07) is 0. The molecule has 2 heterocycles. The van der Waals surface area contributed by atoms with Crippen LogP contribution < -0.4 is 0 Å². The molecule has 1 unspecified atom stereocenters. The van der Waals surface area contributed by atoms with Gasteiger partial charge >= 0.3 is 0 Å². The molecule has 2 aromatic rings. The van der Waals surface area contributed by atoms with Crippen LogP contribution in [0.2, 0.25) is 0 Å². The zero-order valence-electron chi connectivity index (χ0n) is 12.6. The molecule has 0 N–H and O–H groups in total. The fourth-order valence-electron chi connectivity index (χ4n) is 3.44. The van der Waals surface area contributed by atoms with Crippen molar-refractivity contribution < 1.29 is 0 Å². The number of aryl methyl sites for hydroxylation is 2. The predicted octanol–water partition coefficient (Wildman–Crippen LogP) is 4.94. The lowest BCUT2D eigenvalue weighted by atomic mass is 9.91. The number of rotatable bonds is 5. The Morgan fingerprint density at radius 1 is 1.20 bits per heavy atom. The Hall–Kier alpha value is -0.960. The monoisotopic (exact) mass is 288 g/mol. The lowest BCUT2D eigenvalue weighted by Gasteiger charge is -2.15. The average Bonchev–Trinajstić information content (AvgIpc) is 2.86. The summed E-state index contributed by atoms with van der Waals surface area (Å²) in [4.78, 5) is 12.0. The number of hydrogen-bond donors (Lipinski definition) is 0. The third kappa shape index (κ3) is 2.60. The highest BCUT2D eigenvalue weighted by Crippen LogP contribution is 2.37. The maximum absolute atomic E-state index is 4.65. The summed E-state index contributed by atoms with van der Waals surface area (Å²) >= 11 is 1.91. The maximum Gasteiger partial charge on any atom is 0.127 e. The number of thiophene rings is 1. The molecular weight excluding hydrogens is 264 g/mol. The van der Waals surface area contributed by atoms with Gasteiger partial charge in [-0.25, -0.2) is 9.97 Å². The van der Waals surface area contributed by atoms with Crippen molar-refractivity contribution in [2.75, 3.05) is 0 Å². The molecule has 3 rings (SSSR count). The quantitative estimate of drug-likeness (QED) is 0.779. The van der Waals surface area contributed by atoms with E-state index >= 15 is 0 Å². The summed E-state index contributed by atoms with van der Waals surface area (Å²) in [5.41, 5.74) is 2.90. The van der Waals surface area contributed by atoms with E-state index in [2.05, 4.69) is 23.8 Å². The van der Waals surface area contributed by atoms with Crippen LogP contribution in [-0.4, -0.2) is 9.97 Å². The Kier molecular flexibility index (Phi) is 4.35. The van der Waals surface area contributed by atoms with Crippen LogP contribution in [0.5, 0.6) is 0 Å². The van der Waals surface area contributed by atoms with Crippen molar-refractivity contribution in [1.82, 2.24) is 9.97 Å². The standard InChI is InChI=1S/C17H24N2S/c1-3-7-12(4-2)10-14-16-13-8-5-6-9-15(13)20-17(16)19-11-18-14/h11-12H,3-10H2,1-2H3. The van der Waals surface area contributed by atoms with E-state index in [9.17, 15) is 0 Å². The molecule has 0 aromatic carbocycles. The Morgan fingerprint density at radius 3 is 2.85 bits per heavy atom. The van der Waals surface area contributed by atoms with Crippen LogP contribution in [0.15, 0.2) is 6.33 Å². The highest BCUT2D eigenvalue weighted by molar-refractivity contribution is 7.18. The molecule has 2 aromatic heterocycles. The summed E-state index contributed by atoms with van der Waals surface area (Å²) in [5.74, 6) is 0.775. The van der Waals surface area contributed by atoms with Crippen molar-refractivity contribution in [3.63, 3.8) is 0 Å². The summed E-state index contributed by atoms with van der Waals surface area (Å²) in [7, 11) is 0. The SMILES string of the molecule is CCCC(CC)Cc1ncnc2sc3c(c12)CCCC3. The van der Waals surface area contributed by atoms with Gasteiger partial charge in [0.05, 0.1) is 5.69 Å². The molecule has 2 nitrogen and oxygen atoms in total. The molecule has 20 heavy (non-hydrogen) atoms. The van der Waals surface area contributed by atoms with Gasteiger partial charge in [-0.15, -0.1) is 11.3 Å². The summed E-state index contributed by atoms with van der Waals surface area (Å²) < 4.78 is 0. The van der Waals surface area contributed by atoms with Crippen molar-refractivity contribution in [1.29, 1.82) is 0 Å². The Labute approximate surface area is 125 Å². The van der Waals surface area contributed by atoms with Crippen LogP contribution in [-0.2, 0) is 19.3 Å². The van der Waals surface area contributed by atoms with Crippen LogP contribution >= 0.6 is 11.3 Å². The Balaban J connectivity index is 1.99. The molecule has 1 aliphatic carbocycles. The zero-order valence-corrected chi connectivity index (χ0v) is 13.4. The second-order valence-electron chi connectivity index (χ2n) is 5.98. The highest BCUT2D eigenvalue weighted by atomic mass is 32.1. The number of hydrogen-bond acceptors (Lipinski definition) is 3. The predicted molar refractivity (Wildman–Crippen MR) is 86.5 cm³/mol. The van der Waals surface area contributed by atoms with Crippen molar-refractivity contribution in [3.8, 4) is 0 Å². The van der Waals surface area contributed by atoms with Crippen molar-refractivity contribution in [2.24, 2.45) is 5.92 Å². The lowest BCUT2D eigenvalue weighted by molar-refractivity contribution is 0.459. The molecule has 1 atom stereocenters. The fraction of sp³-hybridized carbons (Fsp3) is 0.647. The molecule has 0 spiro atoms. The van der Waals surface area contributed by atoms with Gasteiger partial charge in [0.25, 0.3) is 0 Å². The van der Waals surface area contributed by atoms with Gasteiger partial charge in [-0.05, 0) is 43.6 Å². The van der Waals surface area contributed by atoms with Crippen LogP contribution in [0.4, 0.5) is 0 Å². The van der Waals surface area contributed by atoms with Gasteiger partial charge < -0.3 is 0 Å². The molecule has 0 bridgehead atoms. The van der Waals surface area contributed by atoms with E-state index in [1.807, 2.05) is 11.3 Å². The first kappa shape index (κ1) is 14.0. The van der Waals surface area contributed by atoms with Gasteiger partial charge in [0.2, 0.25) is 0 Å². The van der Waals surface area contributed by atoms with E-state index < -0.39 is 0 Å². The lowest BCUT2D eigenvalue weighted by Crippen LogP contribution is -2.07. The minimum Gasteiger partial charge on any atom is -0.241 e. The molecule has 0 fully saturated rings. The van der Waals surface area contributed by atoms with Crippen molar-refractivity contribution in [2.45, 2.75) is 65.2 Å². The topological polar surface area (TPSA) is 25.8 Å². The zero-order chi connectivity index (χ0) is 13.9. The summed E-state index contributed by atoms with van der Waals surface area (Å²) in [6.07, 6.45) is 11.9. The van der Waals surface area contributed by atoms with Gasteiger partial charge in [-0.1, -0.05) is 33.1 Å². The van der Waals surface area contributed by atoms with E-state index in [4.69, 9.17) is 0 Å². The second-order valence-corrected chi connectivity index (χ2v) is 7.06. The Bertz CT molecular complexity index is 588. The van der Waals surface area contributed by atoms with Gasteiger partial charge in [0, 0.05) is 10.3 Å². The Morgan fingerprint density at radius 2 is 2.05 bits per heavy atom. The van der Waals surface area contributed by atoms with Crippen LogP contribution in [0, 0.1) is 5.92 Å². The van der Waals surface area contributed by atoms with Crippen LogP contribution in [0.3, 0.4) is 0 Å². The molecule has 0 saturated carbocycles. The number of nitrogens with zero attached hydrogens (tertiary/aromatic N) is 2. The maximum atomic E-state index is 4.65. The van der Waals surface area contributed by atoms with E-state index in [-0.39, 0.29) is 0 Å². The first-order valence-electron chi connectivity index (χ1n) is 8.07. The van der Waals surface area contributed by atoms with E-state index in [0.717, 1.165) is 12.3 Å². The van der Waals surface area contributed by atoms with Gasteiger partial charge in [-0.3, -0.25) is 0 Å². The minimum absolute atomic E-state index is 0.775. The number of fused-ring (bicyclic) bond motifs is 3. The fourth-order valence-corrected chi connectivity index (χ4v) is 4.69. The third-order valence-electron chi connectivity index (χ3n) is 4.59. The molecule has 3 heteroatoms. The van der Waals surface area contributed by atoms with Gasteiger partial charge in [-0.2, -0.15) is 0 Å². The van der Waals surface area contributed by atoms with Crippen molar-refractivity contribution in [3.05, 3.63) is 22.5 Å². The van der Waals surface area contributed by atoms with E-state index in [1.54, 1.807) is 16.8 Å². The summed E-state index contributed by atoms with van der Waals surface area (Å²) in [5, 5.41) is 1.42.